The first kappa shape index (κ1) is 9.40. The van der Waals surface area contributed by atoms with Gasteiger partial charge in [0.25, 0.3) is 0 Å². The van der Waals surface area contributed by atoms with Gasteiger partial charge in [-0.05, 0) is 32.0 Å². The van der Waals surface area contributed by atoms with Crippen molar-refractivity contribution >= 4 is 0 Å². The molecule has 2 rings (SSSR count). The quantitative estimate of drug-likeness (QED) is 0.694. The van der Waals surface area contributed by atoms with Crippen molar-refractivity contribution in [2.24, 2.45) is 0 Å². The van der Waals surface area contributed by atoms with Crippen LogP contribution >= 0.6 is 0 Å². The van der Waals surface area contributed by atoms with E-state index in [1.54, 1.807) is 16.8 Å². The standard InChI is InChI=1S/C10H15N3O/c14-10-11-4-3-7-13(10)9-8-12-5-1-2-6-12/h3-4,7H,1-2,5-6,8-9H2. The molecule has 4 heteroatoms. The molecule has 1 aromatic rings. The molecule has 2 heterocycles. The largest absolute Gasteiger partial charge is 0.347 e. The number of rotatable bonds is 3. The highest BCUT2D eigenvalue weighted by molar-refractivity contribution is 4.81. The van der Waals surface area contributed by atoms with Gasteiger partial charge < -0.3 is 4.90 Å². The van der Waals surface area contributed by atoms with Gasteiger partial charge >= 0.3 is 5.69 Å². The molecule has 0 radical (unpaired) electrons. The fourth-order valence-electron chi connectivity index (χ4n) is 1.81. The highest BCUT2D eigenvalue weighted by atomic mass is 16.1. The van der Waals surface area contributed by atoms with E-state index in [-0.39, 0.29) is 5.69 Å². The van der Waals surface area contributed by atoms with Crippen LogP contribution in [-0.2, 0) is 6.54 Å². The summed E-state index contributed by atoms with van der Waals surface area (Å²) < 4.78 is 1.66. The van der Waals surface area contributed by atoms with E-state index >= 15 is 0 Å². The van der Waals surface area contributed by atoms with Gasteiger partial charge in [-0.1, -0.05) is 0 Å². The van der Waals surface area contributed by atoms with Crippen LogP contribution in [0.4, 0.5) is 0 Å². The minimum absolute atomic E-state index is 0.147. The van der Waals surface area contributed by atoms with E-state index in [0.29, 0.717) is 0 Å². The first-order chi connectivity index (χ1) is 6.86. The van der Waals surface area contributed by atoms with Crippen molar-refractivity contribution in [2.75, 3.05) is 19.6 Å². The third-order valence-corrected chi connectivity index (χ3v) is 2.64. The summed E-state index contributed by atoms with van der Waals surface area (Å²) in [5, 5.41) is 0. The first-order valence-corrected chi connectivity index (χ1v) is 5.10. The molecule has 1 aliphatic heterocycles. The predicted molar refractivity (Wildman–Crippen MR) is 54.2 cm³/mol. The molecule has 4 nitrogen and oxygen atoms in total. The first-order valence-electron chi connectivity index (χ1n) is 5.10. The van der Waals surface area contributed by atoms with Crippen LogP contribution in [-0.4, -0.2) is 34.1 Å². The van der Waals surface area contributed by atoms with Crippen LogP contribution in [0.1, 0.15) is 12.8 Å². The molecule has 0 aliphatic carbocycles. The average Bonchev–Trinajstić information content (AvgIpc) is 2.69. The average molecular weight is 193 g/mol. The van der Waals surface area contributed by atoms with Crippen LogP contribution in [0.5, 0.6) is 0 Å². The fourth-order valence-corrected chi connectivity index (χ4v) is 1.81. The van der Waals surface area contributed by atoms with Crippen molar-refractivity contribution in [3.8, 4) is 0 Å². The molecule has 0 saturated carbocycles. The number of hydrogen-bond acceptors (Lipinski definition) is 3. The zero-order valence-electron chi connectivity index (χ0n) is 8.22. The Kier molecular flexibility index (Phi) is 2.93. The molecule has 1 aliphatic rings. The Bertz CT molecular complexity index is 341. The van der Waals surface area contributed by atoms with E-state index in [1.165, 1.54) is 32.1 Å². The minimum atomic E-state index is -0.147. The van der Waals surface area contributed by atoms with Crippen LogP contribution in [0.2, 0.25) is 0 Å². The normalized spacial score (nSPS) is 17.4. The summed E-state index contributed by atoms with van der Waals surface area (Å²) in [7, 11) is 0. The highest BCUT2D eigenvalue weighted by Crippen LogP contribution is 2.06. The Morgan fingerprint density at radius 2 is 2.07 bits per heavy atom. The van der Waals surface area contributed by atoms with E-state index in [1.807, 2.05) is 0 Å². The molecular weight excluding hydrogens is 178 g/mol. The van der Waals surface area contributed by atoms with Gasteiger partial charge in [0, 0.05) is 25.5 Å². The molecule has 0 spiro atoms. The van der Waals surface area contributed by atoms with Gasteiger partial charge in [0.15, 0.2) is 0 Å². The maximum atomic E-state index is 11.3. The van der Waals surface area contributed by atoms with Crippen LogP contribution in [0.15, 0.2) is 23.3 Å². The van der Waals surface area contributed by atoms with Gasteiger partial charge in [-0.3, -0.25) is 4.57 Å². The number of nitrogens with zero attached hydrogens (tertiary/aromatic N) is 3. The highest BCUT2D eigenvalue weighted by Gasteiger charge is 2.10. The van der Waals surface area contributed by atoms with Crippen LogP contribution in [0.25, 0.3) is 0 Å². The Morgan fingerprint density at radius 1 is 1.29 bits per heavy atom. The van der Waals surface area contributed by atoms with Gasteiger partial charge in [0.1, 0.15) is 0 Å². The van der Waals surface area contributed by atoms with Crippen molar-refractivity contribution in [1.29, 1.82) is 0 Å². The second-order valence-corrected chi connectivity index (χ2v) is 3.64. The predicted octanol–water partition coefficient (Wildman–Crippen LogP) is 0.339. The van der Waals surface area contributed by atoms with Crippen molar-refractivity contribution in [3.05, 3.63) is 28.9 Å². The number of aromatic nitrogens is 2. The lowest BCUT2D eigenvalue weighted by Crippen LogP contribution is -2.29. The second kappa shape index (κ2) is 4.37. The van der Waals surface area contributed by atoms with Crippen molar-refractivity contribution in [1.82, 2.24) is 14.5 Å². The molecule has 0 N–H and O–H groups in total. The van der Waals surface area contributed by atoms with Crippen molar-refractivity contribution < 1.29 is 0 Å². The molecule has 76 valence electrons. The summed E-state index contributed by atoms with van der Waals surface area (Å²) in [5.74, 6) is 0. The number of hydrogen-bond donors (Lipinski definition) is 0. The Morgan fingerprint density at radius 3 is 2.79 bits per heavy atom. The van der Waals surface area contributed by atoms with E-state index in [0.717, 1.165) is 13.1 Å². The van der Waals surface area contributed by atoms with E-state index in [2.05, 4.69) is 9.88 Å². The lowest BCUT2D eigenvalue weighted by Gasteiger charge is -2.14. The minimum Gasteiger partial charge on any atom is -0.302 e. The zero-order chi connectivity index (χ0) is 9.80. The molecule has 14 heavy (non-hydrogen) atoms. The third kappa shape index (κ3) is 2.20. The summed E-state index contributed by atoms with van der Waals surface area (Å²) in [6, 6.07) is 1.80. The summed E-state index contributed by atoms with van der Waals surface area (Å²) in [6.07, 6.45) is 5.92. The molecule has 0 amide bonds. The maximum absolute atomic E-state index is 11.3. The summed E-state index contributed by atoms with van der Waals surface area (Å²) >= 11 is 0. The molecule has 1 saturated heterocycles. The number of likely N-dealkylation sites (tertiary alicyclic amines) is 1. The lowest BCUT2D eigenvalue weighted by molar-refractivity contribution is 0.319. The Balaban J connectivity index is 1.91. The zero-order valence-corrected chi connectivity index (χ0v) is 8.22. The van der Waals surface area contributed by atoms with E-state index < -0.39 is 0 Å². The monoisotopic (exact) mass is 193 g/mol. The lowest BCUT2D eigenvalue weighted by atomic mass is 10.4. The van der Waals surface area contributed by atoms with Gasteiger partial charge in [-0.2, -0.15) is 0 Å². The molecule has 0 aromatic carbocycles. The molecular formula is C10H15N3O. The Hall–Kier alpha value is -1.16. The van der Waals surface area contributed by atoms with Gasteiger partial charge in [0.05, 0.1) is 0 Å². The van der Waals surface area contributed by atoms with E-state index in [9.17, 15) is 4.79 Å². The van der Waals surface area contributed by atoms with Crippen LogP contribution in [0.3, 0.4) is 0 Å². The second-order valence-electron chi connectivity index (χ2n) is 3.64. The fraction of sp³-hybridized carbons (Fsp3) is 0.600. The summed E-state index contributed by atoms with van der Waals surface area (Å²) in [4.78, 5) is 17.4. The van der Waals surface area contributed by atoms with Crippen molar-refractivity contribution in [3.63, 3.8) is 0 Å². The maximum Gasteiger partial charge on any atom is 0.347 e. The molecule has 1 aromatic heterocycles. The topological polar surface area (TPSA) is 38.1 Å². The van der Waals surface area contributed by atoms with E-state index in [4.69, 9.17) is 0 Å². The summed E-state index contributed by atoms with van der Waals surface area (Å²) in [5.41, 5.74) is -0.147. The third-order valence-electron chi connectivity index (χ3n) is 2.64. The van der Waals surface area contributed by atoms with Gasteiger partial charge in [0.2, 0.25) is 0 Å². The molecule has 0 bridgehead atoms. The molecule has 0 unspecified atom stereocenters. The van der Waals surface area contributed by atoms with Gasteiger partial charge in [-0.15, -0.1) is 0 Å². The SMILES string of the molecule is O=c1ncccn1CCN1CCCC1. The smallest absolute Gasteiger partial charge is 0.302 e. The molecule has 0 atom stereocenters. The Labute approximate surface area is 83.2 Å². The van der Waals surface area contributed by atoms with Gasteiger partial charge in [-0.25, -0.2) is 9.78 Å². The summed E-state index contributed by atoms with van der Waals surface area (Å²) in [6.45, 7) is 4.07. The molecule has 1 fully saturated rings. The van der Waals surface area contributed by atoms with Crippen LogP contribution in [0, 0.1) is 0 Å². The van der Waals surface area contributed by atoms with Crippen LogP contribution < -0.4 is 5.69 Å². The van der Waals surface area contributed by atoms with Crippen molar-refractivity contribution in [2.45, 2.75) is 19.4 Å².